The number of nitrogens with zero attached hydrogens (tertiary/aromatic N) is 1. The van der Waals surface area contributed by atoms with E-state index in [4.69, 9.17) is 14.2 Å². The molecule has 1 heterocycles. The molecule has 7 heteroatoms. The lowest BCUT2D eigenvalue weighted by molar-refractivity contribution is 0.244. The van der Waals surface area contributed by atoms with E-state index in [1.165, 1.54) is 16.4 Å². The first-order chi connectivity index (χ1) is 18.5. The summed E-state index contributed by atoms with van der Waals surface area (Å²) in [6, 6.07) is 24.2. The van der Waals surface area contributed by atoms with Crippen LogP contribution in [0, 0.1) is 0 Å². The second-order valence-corrected chi connectivity index (χ2v) is 10.9. The maximum Gasteiger partial charge on any atom is 0.267 e. The van der Waals surface area contributed by atoms with Gasteiger partial charge in [0.15, 0.2) is 0 Å². The van der Waals surface area contributed by atoms with Gasteiger partial charge in [0.25, 0.3) is 10.0 Å². The summed E-state index contributed by atoms with van der Waals surface area (Å²) < 4.78 is 45.1. The number of benzene rings is 3. The molecule has 0 aliphatic carbocycles. The van der Waals surface area contributed by atoms with Crippen LogP contribution in [0.5, 0.6) is 23.0 Å². The van der Waals surface area contributed by atoms with E-state index in [1.807, 2.05) is 48.5 Å². The lowest BCUT2D eigenvalue weighted by Gasteiger charge is -2.15. The molecule has 0 fully saturated rings. The van der Waals surface area contributed by atoms with E-state index in [9.17, 15) is 8.42 Å². The average molecular weight is 534 g/mol. The summed E-state index contributed by atoms with van der Waals surface area (Å²) in [5, 5.41) is 0. The first-order valence-corrected chi connectivity index (χ1v) is 14.6. The number of hydrogen-bond donors (Lipinski definition) is 0. The Bertz CT molecular complexity index is 1400. The fraction of sp³-hybridized carbons (Fsp3) is 0.290. The predicted octanol–water partition coefficient (Wildman–Crippen LogP) is 7.27. The molecule has 0 aliphatic heterocycles. The van der Waals surface area contributed by atoms with E-state index < -0.39 is 10.0 Å². The minimum Gasteiger partial charge on any atom is -0.493 e. The quantitative estimate of drug-likeness (QED) is 0.160. The zero-order valence-electron chi connectivity index (χ0n) is 22.0. The maximum atomic E-state index is 12.9. The van der Waals surface area contributed by atoms with E-state index in [-0.39, 0.29) is 4.90 Å². The Morgan fingerprint density at radius 2 is 1.29 bits per heavy atom. The van der Waals surface area contributed by atoms with Crippen molar-refractivity contribution >= 4 is 10.0 Å². The Kier molecular flexibility index (Phi) is 9.49. The van der Waals surface area contributed by atoms with Gasteiger partial charge in [0.05, 0.1) is 18.1 Å². The third-order valence-electron chi connectivity index (χ3n) is 6.04. The summed E-state index contributed by atoms with van der Waals surface area (Å²) >= 11 is 0. The van der Waals surface area contributed by atoms with Crippen molar-refractivity contribution in [2.24, 2.45) is 0 Å². The Morgan fingerprint density at radius 3 is 1.92 bits per heavy atom. The zero-order chi connectivity index (χ0) is 26.8. The number of aryl methyl sites for hydroxylation is 2. The summed E-state index contributed by atoms with van der Waals surface area (Å²) in [7, 11) is -3.61. The number of para-hydroxylation sites is 1. The summed E-state index contributed by atoms with van der Waals surface area (Å²) in [4.78, 5) is 0.260. The molecule has 0 amide bonds. The molecule has 4 aromatic rings. The van der Waals surface area contributed by atoms with Crippen LogP contribution in [0.3, 0.4) is 0 Å². The highest BCUT2D eigenvalue weighted by atomic mass is 32.2. The van der Waals surface area contributed by atoms with Crippen molar-refractivity contribution in [2.75, 3.05) is 13.2 Å². The first-order valence-electron chi connectivity index (χ1n) is 13.1. The SMILES string of the molecule is CCCc1cc(Oc2ccccc2)ccc1OCCCOc1ccc(S(=O)(=O)n2cccc2)cc1CCC. The van der Waals surface area contributed by atoms with Crippen molar-refractivity contribution < 1.29 is 22.6 Å². The molecule has 0 saturated heterocycles. The molecular weight excluding hydrogens is 498 g/mol. The highest BCUT2D eigenvalue weighted by Gasteiger charge is 2.18. The molecule has 6 nitrogen and oxygen atoms in total. The van der Waals surface area contributed by atoms with Crippen LogP contribution in [0.4, 0.5) is 0 Å². The van der Waals surface area contributed by atoms with Gasteiger partial charge in [0.1, 0.15) is 23.0 Å². The van der Waals surface area contributed by atoms with Crippen molar-refractivity contribution in [3.63, 3.8) is 0 Å². The molecule has 0 N–H and O–H groups in total. The maximum absolute atomic E-state index is 12.9. The molecule has 38 heavy (non-hydrogen) atoms. The normalized spacial score (nSPS) is 11.3. The Labute approximate surface area is 225 Å². The van der Waals surface area contributed by atoms with E-state index in [0.29, 0.717) is 25.4 Å². The van der Waals surface area contributed by atoms with Gasteiger partial charge in [-0.15, -0.1) is 0 Å². The minimum atomic E-state index is -3.61. The third kappa shape index (κ3) is 6.98. The Morgan fingerprint density at radius 1 is 0.684 bits per heavy atom. The van der Waals surface area contributed by atoms with Gasteiger partial charge in [-0.25, -0.2) is 12.4 Å². The topological polar surface area (TPSA) is 66.8 Å². The van der Waals surface area contributed by atoms with Gasteiger partial charge in [0, 0.05) is 18.8 Å². The number of rotatable bonds is 14. The van der Waals surface area contributed by atoms with Crippen LogP contribution in [0.1, 0.15) is 44.2 Å². The van der Waals surface area contributed by atoms with Crippen LogP contribution in [0.15, 0.2) is 96.2 Å². The van der Waals surface area contributed by atoms with Gasteiger partial charge in [0.2, 0.25) is 0 Å². The fourth-order valence-corrected chi connectivity index (χ4v) is 5.43. The van der Waals surface area contributed by atoms with Gasteiger partial charge in [-0.3, -0.25) is 0 Å². The van der Waals surface area contributed by atoms with Crippen LogP contribution >= 0.6 is 0 Å². The smallest absolute Gasteiger partial charge is 0.267 e. The van der Waals surface area contributed by atoms with Gasteiger partial charge >= 0.3 is 0 Å². The molecular formula is C31H35NO5S. The number of ether oxygens (including phenoxy) is 3. The molecule has 0 spiro atoms. The highest BCUT2D eigenvalue weighted by molar-refractivity contribution is 7.90. The molecule has 4 rings (SSSR count). The molecule has 0 atom stereocenters. The van der Waals surface area contributed by atoms with Crippen molar-refractivity contribution in [1.29, 1.82) is 0 Å². The van der Waals surface area contributed by atoms with Crippen molar-refractivity contribution in [3.8, 4) is 23.0 Å². The molecule has 0 bridgehead atoms. The van der Waals surface area contributed by atoms with E-state index in [1.54, 1.807) is 30.3 Å². The summed E-state index contributed by atoms with van der Waals surface area (Å²) in [5.74, 6) is 3.17. The molecule has 0 radical (unpaired) electrons. The van der Waals surface area contributed by atoms with E-state index in [0.717, 1.165) is 54.1 Å². The van der Waals surface area contributed by atoms with E-state index >= 15 is 0 Å². The van der Waals surface area contributed by atoms with Gasteiger partial charge in [-0.05, 0) is 84.6 Å². The van der Waals surface area contributed by atoms with Crippen LogP contribution in [0.2, 0.25) is 0 Å². The number of hydrogen-bond acceptors (Lipinski definition) is 5. The molecule has 1 aromatic heterocycles. The monoisotopic (exact) mass is 533 g/mol. The van der Waals surface area contributed by atoms with Crippen LogP contribution in [-0.2, 0) is 22.9 Å². The molecule has 200 valence electrons. The van der Waals surface area contributed by atoms with Crippen LogP contribution in [-0.4, -0.2) is 25.6 Å². The van der Waals surface area contributed by atoms with Gasteiger partial charge in [-0.1, -0.05) is 44.9 Å². The number of aromatic nitrogens is 1. The minimum absolute atomic E-state index is 0.260. The largest absolute Gasteiger partial charge is 0.493 e. The second-order valence-electron chi connectivity index (χ2n) is 9.02. The zero-order valence-corrected chi connectivity index (χ0v) is 22.8. The predicted molar refractivity (Wildman–Crippen MR) is 150 cm³/mol. The van der Waals surface area contributed by atoms with Crippen LogP contribution < -0.4 is 14.2 Å². The summed E-state index contributed by atoms with van der Waals surface area (Å²) in [6.07, 6.45) is 7.29. The Balaban J connectivity index is 1.34. The molecule has 0 unspecified atom stereocenters. The molecule has 0 saturated carbocycles. The lowest BCUT2D eigenvalue weighted by atomic mass is 10.1. The third-order valence-corrected chi connectivity index (χ3v) is 7.69. The average Bonchev–Trinajstić information content (AvgIpc) is 3.47. The van der Waals surface area contributed by atoms with Gasteiger partial charge in [-0.2, -0.15) is 0 Å². The van der Waals surface area contributed by atoms with Gasteiger partial charge < -0.3 is 14.2 Å². The lowest BCUT2D eigenvalue weighted by Crippen LogP contribution is -2.12. The van der Waals surface area contributed by atoms with Crippen LogP contribution in [0.25, 0.3) is 0 Å². The second kappa shape index (κ2) is 13.2. The Hall–Kier alpha value is -3.71. The first kappa shape index (κ1) is 27.3. The van der Waals surface area contributed by atoms with Crippen molar-refractivity contribution in [1.82, 2.24) is 3.97 Å². The fourth-order valence-electron chi connectivity index (χ4n) is 4.20. The molecule has 3 aromatic carbocycles. The highest BCUT2D eigenvalue weighted by Crippen LogP contribution is 2.29. The standard InChI is InChI=1S/C31H35NO5S/c1-3-11-25-23-28(37-27-13-6-5-7-14-27)15-17-30(25)35-21-10-22-36-31-18-16-29(24-26(31)12-4-2)38(33,34)32-19-8-9-20-32/h5-9,13-20,23-24H,3-4,10-12,21-22H2,1-2H3. The van der Waals surface area contributed by atoms with Crippen molar-refractivity contribution in [2.45, 2.75) is 50.8 Å². The van der Waals surface area contributed by atoms with E-state index in [2.05, 4.69) is 13.8 Å². The summed E-state index contributed by atoms with van der Waals surface area (Å²) in [6.45, 7) is 5.19. The summed E-state index contributed by atoms with van der Waals surface area (Å²) in [5.41, 5.74) is 2.01. The van der Waals surface area contributed by atoms with Crippen molar-refractivity contribution in [3.05, 3.63) is 102 Å². The molecule has 0 aliphatic rings.